The van der Waals surface area contributed by atoms with E-state index < -0.39 is 0 Å². The van der Waals surface area contributed by atoms with Crippen molar-refractivity contribution in [2.24, 2.45) is 5.92 Å². The van der Waals surface area contributed by atoms with Gasteiger partial charge >= 0.3 is 0 Å². The molecule has 0 bridgehead atoms. The summed E-state index contributed by atoms with van der Waals surface area (Å²) in [6.07, 6.45) is 2.73. The molecule has 0 radical (unpaired) electrons. The number of amides is 1. The summed E-state index contributed by atoms with van der Waals surface area (Å²) in [7, 11) is 0. The number of piperidine rings is 1. The molecular weight excluding hydrogens is 294 g/mol. The number of nitrogens with one attached hydrogen (secondary N) is 1. The molecule has 2 aliphatic rings. The van der Waals surface area contributed by atoms with Crippen molar-refractivity contribution in [3.05, 3.63) is 11.7 Å². The molecule has 1 unspecified atom stereocenters. The van der Waals surface area contributed by atoms with Crippen molar-refractivity contribution >= 4 is 5.91 Å². The van der Waals surface area contributed by atoms with Gasteiger partial charge in [0.1, 0.15) is 0 Å². The molecule has 7 heteroatoms. The van der Waals surface area contributed by atoms with Crippen molar-refractivity contribution in [1.82, 2.24) is 25.3 Å². The third-order valence-electron chi connectivity index (χ3n) is 5.02. The van der Waals surface area contributed by atoms with Gasteiger partial charge in [-0.15, -0.1) is 0 Å². The molecule has 128 valence electrons. The van der Waals surface area contributed by atoms with E-state index in [1.54, 1.807) is 0 Å². The first-order chi connectivity index (χ1) is 11.2. The number of hydrogen-bond acceptors (Lipinski definition) is 6. The molecule has 1 N–H and O–H groups in total. The van der Waals surface area contributed by atoms with E-state index in [-0.39, 0.29) is 12.0 Å². The summed E-state index contributed by atoms with van der Waals surface area (Å²) in [4.78, 5) is 21.4. The molecule has 1 aromatic heterocycles. The molecule has 2 fully saturated rings. The fourth-order valence-electron chi connectivity index (χ4n) is 3.39. The Morgan fingerprint density at radius 1 is 1.30 bits per heavy atom. The summed E-state index contributed by atoms with van der Waals surface area (Å²) in [6.45, 7) is 9.35. The monoisotopic (exact) mass is 321 g/mol. The van der Waals surface area contributed by atoms with Crippen LogP contribution in [0, 0.1) is 5.92 Å². The predicted octanol–water partition coefficient (Wildman–Crippen LogP) is 0.837. The summed E-state index contributed by atoms with van der Waals surface area (Å²) in [6, 6.07) is 0.110. The maximum absolute atomic E-state index is 12.6. The van der Waals surface area contributed by atoms with Crippen molar-refractivity contribution in [2.45, 2.75) is 39.2 Å². The fourth-order valence-corrected chi connectivity index (χ4v) is 3.39. The molecule has 0 spiro atoms. The summed E-state index contributed by atoms with van der Waals surface area (Å²) < 4.78 is 5.35. The van der Waals surface area contributed by atoms with Crippen LogP contribution < -0.4 is 5.32 Å². The largest absolute Gasteiger partial charge is 0.340 e. The Hall–Kier alpha value is -1.47. The molecule has 3 heterocycles. The molecule has 23 heavy (non-hydrogen) atoms. The molecule has 2 aliphatic heterocycles. The second-order valence-corrected chi connectivity index (χ2v) is 6.46. The average Bonchev–Trinajstić information content (AvgIpc) is 3.10. The van der Waals surface area contributed by atoms with Gasteiger partial charge < -0.3 is 14.7 Å². The first kappa shape index (κ1) is 16.4. The number of aryl methyl sites for hydroxylation is 1. The van der Waals surface area contributed by atoms with Gasteiger partial charge in [-0.2, -0.15) is 4.98 Å². The normalized spacial score (nSPS) is 22.3. The highest BCUT2D eigenvalue weighted by atomic mass is 16.5. The Labute approximate surface area is 137 Å². The van der Waals surface area contributed by atoms with Gasteiger partial charge in [0.2, 0.25) is 11.8 Å². The van der Waals surface area contributed by atoms with Crippen LogP contribution in [-0.4, -0.2) is 65.1 Å². The SMILES string of the molecule is CCc1noc(C(C)N2CCN(C(=O)C3CCNCC3)CC2)n1. The number of carbonyl (C=O) groups is 1. The van der Waals surface area contributed by atoms with E-state index in [4.69, 9.17) is 4.52 Å². The molecule has 1 amide bonds. The molecule has 7 nitrogen and oxygen atoms in total. The molecule has 1 atom stereocenters. The molecular formula is C16H27N5O2. The average molecular weight is 321 g/mol. The van der Waals surface area contributed by atoms with Crippen LogP contribution in [0.4, 0.5) is 0 Å². The summed E-state index contributed by atoms with van der Waals surface area (Å²) >= 11 is 0. The van der Waals surface area contributed by atoms with Crippen molar-refractivity contribution in [3.8, 4) is 0 Å². The lowest BCUT2D eigenvalue weighted by atomic mass is 9.96. The lowest BCUT2D eigenvalue weighted by Gasteiger charge is -2.38. The number of aromatic nitrogens is 2. The van der Waals surface area contributed by atoms with Crippen molar-refractivity contribution in [1.29, 1.82) is 0 Å². The van der Waals surface area contributed by atoms with Gasteiger partial charge in [0.05, 0.1) is 6.04 Å². The van der Waals surface area contributed by atoms with E-state index in [9.17, 15) is 4.79 Å². The van der Waals surface area contributed by atoms with E-state index in [0.29, 0.717) is 11.8 Å². The quantitative estimate of drug-likeness (QED) is 0.886. The van der Waals surface area contributed by atoms with Crippen LogP contribution in [0.2, 0.25) is 0 Å². The van der Waals surface area contributed by atoms with Gasteiger partial charge in [-0.25, -0.2) is 0 Å². The van der Waals surface area contributed by atoms with Crippen LogP contribution in [0.3, 0.4) is 0 Å². The highest BCUT2D eigenvalue weighted by molar-refractivity contribution is 5.79. The number of piperazine rings is 1. The van der Waals surface area contributed by atoms with Crippen molar-refractivity contribution in [3.63, 3.8) is 0 Å². The van der Waals surface area contributed by atoms with Gasteiger partial charge in [-0.05, 0) is 32.9 Å². The summed E-state index contributed by atoms with van der Waals surface area (Å²) in [5, 5.41) is 7.29. The Bertz CT molecular complexity index is 518. The van der Waals surface area contributed by atoms with E-state index >= 15 is 0 Å². The predicted molar refractivity (Wildman–Crippen MR) is 85.8 cm³/mol. The third kappa shape index (κ3) is 3.72. The van der Waals surface area contributed by atoms with Gasteiger partial charge in [0, 0.05) is 38.5 Å². The summed E-state index contributed by atoms with van der Waals surface area (Å²) in [5.74, 6) is 1.99. The fraction of sp³-hybridized carbons (Fsp3) is 0.812. The minimum absolute atomic E-state index is 0.110. The maximum Gasteiger partial charge on any atom is 0.243 e. The van der Waals surface area contributed by atoms with Gasteiger partial charge in [0.25, 0.3) is 0 Å². The molecule has 0 saturated carbocycles. The first-order valence-corrected chi connectivity index (χ1v) is 8.75. The second-order valence-electron chi connectivity index (χ2n) is 6.46. The molecule has 1 aromatic rings. The standard InChI is InChI=1S/C16H27N5O2/c1-3-14-18-15(23-19-14)12(2)20-8-10-21(11-9-20)16(22)13-4-6-17-7-5-13/h12-13,17H,3-11H2,1-2H3. The van der Waals surface area contributed by atoms with E-state index in [1.165, 1.54) is 0 Å². The van der Waals surface area contributed by atoms with Crippen molar-refractivity contribution < 1.29 is 9.32 Å². The van der Waals surface area contributed by atoms with Crippen LogP contribution in [0.5, 0.6) is 0 Å². The van der Waals surface area contributed by atoms with Gasteiger partial charge in [-0.1, -0.05) is 12.1 Å². The summed E-state index contributed by atoms with van der Waals surface area (Å²) in [5.41, 5.74) is 0. The third-order valence-corrected chi connectivity index (χ3v) is 5.02. The van der Waals surface area contributed by atoms with E-state index in [0.717, 1.165) is 64.4 Å². The molecule has 3 rings (SSSR count). The second kappa shape index (κ2) is 7.40. The van der Waals surface area contributed by atoms with E-state index in [2.05, 4.69) is 27.3 Å². The number of hydrogen-bond donors (Lipinski definition) is 1. The number of nitrogens with zero attached hydrogens (tertiary/aromatic N) is 4. The molecule has 0 aliphatic carbocycles. The number of carbonyl (C=O) groups excluding carboxylic acids is 1. The Morgan fingerprint density at radius 3 is 2.61 bits per heavy atom. The zero-order valence-electron chi connectivity index (χ0n) is 14.1. The van der Waals surface area contributed by atoms with Crippen LogP contribution in [0.25, 0.3) is 0 Å². The smallest absolute Gasteiger partial charge is 0.243 e. The lowest BCUT2D eigenvalue weighted by Crippen LogP contribution is -2.51. The Kier molecular flexibility index (Phi) is 5.27. The molecule has 2 saturated heterocycles. The molecule has 0 aromatic carbocycles. The zero-order chi connectivity index (χ0) is 16.2. The van der Waals surface area contributed by atoms with Crippen LogP contribution >= 0.6 is 0 Å². The van der Waals surface area contributed by atoms with Gasteiger partial charge in [-0.3, -0.25) is 9.69 Å². The van der Waals surface area contributed by atoms with E-state index in [1.807, 2.05) is 11.8 Å². The Balaban J connectivity index is 1.52. The highest BCUT2D eigenvalue weighted by Crippen LogP contribution is 2.22. The maximum atomic E-state index is 12.6. The van der Waals surface area contributed by atoms with Crippen LogP contribution in [0.15, 0.2) is 4.52 Å². The minimum atomic E-state index is 0.110. The topological polar surface area (TPSA) is 74.5 Å². The lowest BCUT2D eigenvalue weighted by molar-refractivity contribution is -0.138. The van der Waals surface area contributed by atoms with Gasteiger partial charge in [0.15, 0.2) is 5.82 Å². The van der Waals surface area contributed by atoms with Crippen LogP contribution in [0.1, 0.15) is 44.4 Å². The highest BCUT2D eigenvalue weighted by Gasteiger charge is 2.31. The number of rotatable bonds is 4. The zero-order valence-corrected chi connectivity index (χ0v) is 14.1. The Morgan fingerprint density at radius 2 is 2.00 bits per heavy atom. The van der Waals surface area contributed by atoms with Crippen LogP contribution in [-0.2, 0) is 11.2 Å². The minimum Gasteiger partial charge on any atom is -0.340 e. The first-order valence-electron chi connectivity index (χ1n) is 8.75. The van der Waals surface area contributed by atoms with Crippen molar-refractivity contribution in [2.75, 3.05) is 39.3 Å².